The molecule has 5 heteroatoms. The molecule has 0 aliphatic carbocycles. The number of amides is 2. The largest absolute Gasteiger partial charge is 0.495 e. The summed E-state index contributed by atoms with van der Waals surface area (Å²) < 4.78 is 5.23. The third kappa shape index (κ3) is 3.42. The van der Waals surface area contributed by atoms with E-state index in [0.29, 0.717) is 17.9 Å². The molecule has 2 atom stereocenters. The molecule has 2 unspecified atom stereocenters. The van der Waals surface area contributed by atoms with E-state index in [9.17, 15) is 9.90 Å². The fraction of sp³-hybridized carbons (Fsp3) is 0.533. The van der Waals surface area contributed by atoms with Crippen LogP contribution in [0.1, 0.15) is 26.2 Å². The summed E-state index contributed by atoms with van der Waals surface area (Å²) in [6, 6.07) is 7.33. The number of hydrogen-bond donors (Lipinski definition) is 2. The third-order valence-electron chi connectivity index (χ3n) is 3.60. The summed E-state index contributed by atoms with van der Waals surface area (Å²) in [6.07, 6.45) is 2.17. The van der Waals surface area contributed by atoms with E-state index in [4.69, 9.17) is 4.74 Å². The van der Waals surface area contributed by atoms with Gasteiger partial charge in [-0.15, -0.1) is 0 Å². The first-order valence-electron chi connectivity index (χ1n) is 7.00. The number of aliphatic hydroxyl groups is 1. The van der Waals surface area contributed by atoms with Crippen LogP contribution in [-0.2, 0) is 0 Å². The number of anilines is 1. The van der Waals surface area contributed by atoms with Gasteiger partial charge < -0.3 is 20.1 Å². The first kappa shape index (κ1) is 14.7. The molecule has 0 spiro atoms. The Morgan fingerprint density at radius 3 is 3.00 bits per heavy atom. The molecule has 1 fully saturated rings. The molecule has 5 nitrogen and oxygen atoms in total. The predicted molar refractivity (Wildman–Crippen MR) is 78.0 cm³/mol. The molecule has 1 aromatic carbocycles. The van der Waals surface area contributed by atoms with Crippen molar-refractivity contribution in [2.45, 2.75) is 38.3 Å². The molecule has 0 saturated carbocycles. The molecule has 110 valence electrons. The maximum atomic E-state index is 12.4. The molecule has 20 heavy (non-hydrogen) atoms. The number of rotatable bonds is 4. The van der Waals surface area contributed by atoms with Crippen LogP contribution in [0.3, 0.4) is 0 Å². The molecule has 0 radical (unpaired) electrons. The smallest absolute Gasteiger partial charge is 0.322 e. The minimum Gasteiger partial charge on any atom is -0.495 e. The normalized spacial score (nSPS) is 19.8. The highest BCUT2D eigenvalue weighted by molar-refractivity contribution is 5.91. The first-order chi connectivity index (χ1) is 9.61. The number of likely N-dealkylation sites (tertiary alicyclic amines) is 1. The van der Waals surface area contributed by atoms with Gasteiger partial charge in [-0.2, -0.15) is 0 Å². The van der Waals surface area contributed by atoms with Crippen LogP contribution in [0, 0.1) is 0 Å². The molecule has 1 saturated heterocycles. The van der Waals surface area contributed by atoms with Gasteiger partial charge in [-0.3, -0.25) is 0 Å². The van der Waals surface area contributed by atoms with E-state index >= 15 is 0 Å². The lowest BCUT2D eigenvalue weighted by Gasteiger charge is -2.26. The van der Waals surface area contributed by atoms with Gasteiger partial charge in [-0.25, -0.2) is 4.79 Å². The number of ether oxygens (including phenoxy) is 1. The van der Waals surface area contributed by atoms with Gasteiger partial charge in [0.1, 0.15) is 5.75 Å². The quantitative estimate of drug-likeness (QED) is 0.889. The molecule has 1 aliphatic heterocycles. The zero-order chi connectivity index (χ0) is 14.5. The maximum absolute atomic E-state index is 12.4. The van der Waals surface area contributed by atoms with E-state index in [-0.39, 0.29) is 18.2 Å². The third-order valence-corrected chi connectivity index (χ3v) is 3.60. The topological polar surface area (TPSA) is 61.8 Å². The Labute approximate surface area is 119 Å². The second-order valence-electron chi connectivity index (χ2n) is 5.20. The van der Waals surface area contributed by atoms with Gasteiger partial charge in [-0.05, 0) is 38.3 Å². The monoisotopic (exact) mass is 278 g/mol. The first-order valence-corrected chi connectivity index (χ1v) is 7.00. The Kier molecular flexibility index (Phi) is 4.84. The van der Waals surface area contributed by atoms with Gasteiger partial charge in [0.15, 0.2) is 0 Å². The van der Waals surface area contributed by atoms with Crippen LogP contribution in [0.25, 0.3) is 0 Å². The molecule has 0 aromatic heterocycles. The van der Waals surface area contributed by atoms with Crippen molar-refractivity contribution in [1.29, 1.82) is 0 Å². The van der Waals surface area contributed by atoms with E-state index < -0.39 is 0 Å². The van der Waals surface area contributed by atoms with Crippen molar-refractivity contribution < 1.29 is 14.6 Å². The van der Waals surface area contributed by atoms with E-state index in [2.05, 4.69) is 5.32 Å². The molecular formula is C15H22N2O3. The number of methoxy groups -OCH3 is 1. The number of nitrogens with zero attached hydrogens (tertiary/aromatic N) is 1. The summed E-state index contributed by atoms with van der Waals surface area (Å²) in [7, 11) is 1.58. The van der Waals surface area contributed by atoms with Crippen molar-refractivity contribution >= 4 is 11.7 Å². The number of para-hydroxylation sites is 2. The lowest BCUT2D eigenvalue weighted by atomic mass is 10.1. The number of hydrogen-bond acceptors (Lipinski definition) is 3. The lowest BCUT2D eigenvalue weighted by molar-refractivity contribution is 0.142. The van der Waals surface area contributed by atoms with Crippen molar-refractivity contribution in [2.75, 3.05) is 19.0 Å². The van der Waals surface area contributed by atoms with Gasteiger partial charge in [0, 0.05) is 12.6 Å². The Morgan fingerprint density at radius 1 is 1.55 bits per heavy atom. The van der Waals surface area contributed by atoms with E-state index in [0.717, 1.165) is 19.4 Å². The number of urea groups is 1. The number of aliphatic hydroxyl groups excluding tert-OH is 1. The highest BCUT2D eigenvalue weighted by atomic mass is 16.5. The van der Waals surface area contributed by atoms with Gasteiger partial charge in [0.25, 0.3) is 0 Å². The molecule has 1 aromatic rings. The molecule has 1 heterocycles. The zero-order valence-corrected chi connectivity index (χ0v) is 12.0. The zero-order valence-electron chi connectivity index (χ0n) is 12.0. The van der Waals surface area contributed by atoms with Crippen molar-refractivity contribution in [1.82, 2.24) is 4.90 Å². The molecule has 1 aliphatic rings. The summed E-state index contributed by atoms with van der Waals surface area (Å²) >= 11 is 0. The number of carbonyl (C=O) groups is 1. The minimum atomic E-state index is -0.389. The van der Waals surface area contributed by atoms with Crippen LogP contribution in [0.2, 0.25) is 0 Å². The van der Waals surface area contributed by atoms with E-state index in [1.54, 1.807) is 18.9 Å². The number of nitrogens with one attached hydrogen (secondary N) is 1. The molecule has 2 rings (SSSR count). The van der Waals surface area contributed by atoms with Crippen LogP contribution in [-0.4, -0.2) is 41.8 Å². The van der Waals surface area contributed by atoms with Gasteiger partial charge in [0.05, 0.1) is 18.9 Å². The highest BCUT2D eigenvalue weighted by Gasteiger charge is 2.29. The summed E-state index contributed by atoms with van der Waals surface area (Å²) in [4.78, 5) is 14.2. The van der Waals surface area contributed by atoms with Gasteiger partial charge in [0.2, 0.25) is 0 Å². The Bertz CT molecular complexity index is 462. The molecule has 2 amide bonds. The summed E-state index contributed by atoms with van der Waals surface area (Å²) in [5.41, 5.74) is 0.669. The summed E-state index contributed by atoms with van der Waals surface area (Å²) in [5, 5.41) is 12.4. The van der Waals surface area contributed by atoms with Crippen molar-refractivity contribution in [3.05, 3.63) is 24.3 Å². The highest BCUT2D eigenvalue weighted by Crippen LogP contribution is 2.26. The van der Waals surface area contributed by atoms with E-state index in [1.807, 2.05) is 24.3 Å². The molecule has 0 bridgehead atoms. The van der Waals surface area contributed by atoms with Crippen LogP contribution >= 0.6 is 0 Å². The Balaban J connectivity index is 2.04. The second kappa shape index (κ2) is 6.61. The fourth-order valence-electron chi connectivity index (χ4n) is 2.68. The van der Waals surface area contributed by atoms with Crippen LogP contribution < -0.4 is 10.1 Å². The average Bonchev–Trinajstić information content (AvgIpc) is 2.86. The Hall–Kier alpha value is -1.75. The lowest BCUT2D eigenvalue weighted by Crippen LogP contribution is -2.40. The van der Waals surface area contributed by atoms with Crippen molar-refractivity contribution in [3.8, 4) is 5.75 Å². The number of benzene rings is 1. The molecule has 2 N–H and O–H groups in total. The predicted octanol–water partition coefficient (Wildman–Crippen LogP) is 2.46. The van der Waals surface area contributed by atoms with Crippen LogP contribution in [0.4, 0.5) is 10.5 Å². The van der Waals surface area contributed by atoms with E-state index in [1.165, 1.54) is 0 Å². The van der Waals surface area contributed by atoms with Crippen LogP contribution in [0.5, 0.6) is 5.75 Å². The minimum absolute atomic E-state index is 0.115. The van der Waals surface area contributed by atoms with Crippen molar-refractivity contribution in [2.24, 2.45) is 0 Å². The number of carbonyl (C=O) groups excluding carboxylic acids is 1. The summed E-state index contributed by atoms with van der Waals surface area (Å²) in [5.74, 6) is 0.645. The summed E-state index contributed by atoms with van der Waals surface area (Å²) in [6.45, 7) is 2.49. The molecular weight excluding hydrogens is 256 g/mol. The Morgan fingerprint density at radius 2 is 2.30 bits per heavy atom. The van der Waals surface area contributed by atoms with Gasteiger partial charge in [-0.1, -0.05) is 12.1 Å². The SMILES string of the molecule is COc1ccccc1NC(=O)N1CCCC1CC(C)O. The average molecular weight is 278 g/mol. The standard InChI is InChI=1S/C15H22N2O3/c1-11(18)10-12-6-5-9-17(12)15(19)16-13-7-3-4-8-14(13)20-2/h3-4,7-8,11-12,18H,5-6,9-10H2,1-2H3,(H,16,19). The van der Waals surface area contributed by atoms with Gasteiger partial charge >= 0.3 is 6.03 Å². The maximum Gasteiger partial charge on any atom is 0.322 e. The van der Waals surface area contributed by atoms with Crippen molar-refractivity contribution in [3.63, 3.8) is 0 Å². The second-order valence-corrected chi connectivity index (χ2v) is 5.20. The van der Waals surface area contributed by atoms with Crippen LogP contribution in [0.15, 0.2) is 24.3 Å². The fourth-order valence-corrected chi connectivity index (χ4v) is 2.68.